The van der Waals surface area contributed by atoms with Crippen molar-refractivity contribution in [2.24, 2.45) is 0 Å². The van der Waals surface area contributed by atoms with Gasteiger partial charge in [0.15, 0.2) is 0 Å². The Hall–Kier alpha value is -0.930. The van der Waals surface area contributed by atoms with Crippen molar-refractivity contribution in [3.8, 4) is 0 Å². The van der Waals surface area contributed by atoms with Gasteiger partial charge in [0, 0.05) is 11.7 Å². The first-order valence-corrected chi connectivity index (χ1v) is 7.05. The summed E-state index contributed by atoms with van der Waals surface area (Å²) < 4.78 is 5.96. The highest BCUT2D eigenvalue weighted by Crippen LogP contribution is 2.22. The molecule has 0 aliphatic heterocycles. The van der Waals surface area contributed by atoms with Gasteiger partial charge in [0.25, 0.3) is 0 Å². The Kier molecular flexibility index (Phi) is 5.14. The van der Waals surface area contributed by atoms with E-state index in [2.05, 4.69) is 17.2 Å². The standard InChI is InChI=1S/C15H24N2O/c1-3-16-13-7-9-15(10-8-13)18-11-14-6-4-5-12(2)17-14/h4-6,13,15-16H,3,7-11H2,1-2H3. The summed E-state index contributed by atoms with van der Waals surface area (Å²) >= 11 is 0. The minimum Gasteiger partial charge on any atom is -0.372 e. The SMILES string of the molecule is CCNC1CCC(OCc2cccc(C)n2)CC1. The van der Waals surface area contributed by atoms with E-state index in [9.17, 15) is 0 Å². The Morgan fingerprint density at radius 1 is 1.28 bits per heavy atom. The lowest BCUT2D eigenvalue weighted by molar-refractivity contribution is 0.00989. The summed E-state index contributed by atoms with van der Waals surface area (Å²) in [7, 11) is 0. The van der Waals surface area contributed by atoms with Crippen LogP contribution in [0.2, 0.25) is 0 Å². The molecule has 1 aliphatic rings. The highest BCUT2D eigenvalue weighted by Gasteiger charge is 2.20. The molecule has 0 radical (unpaired) electrons. The number of rotatable bonds is 5. The van der Waals surface area contributed by atoms with Crippen LogP contribution in [0, 0.1) is 6.92 Å². The van der Waals surface area contributed by atoms with Gasteiger partial charge in [0.2, 0.25) is 0 Å². The molecule has 0 spiro atoms. The Labute approximate surface area is 110 Å². The maximum Gasteiger partial charge on any atom is 0.0891 e. The summed E-state index contributed by atoms with van der Waals surface area (Å²) in [4.78, 5) is 4.46. The van der Waals surface area contributed by atoms with Crippen molar-refractivity contribution in [3.63, 3.8) is 0 Å². The number of ether oxygens (including phenoxy) is 1. The Morgan fingerprint density at radius 3 is 2.72 bits per heavy atom. The molecule has 0 unspecified atom stereocenters. The van der Waals surface area contributed by atoms with E-state index in [1.807, 2.05) is 25.1 Å². The molecule has 1 heterocycles. The van der Waals surface area contributed by atoms with E-state index in [4.69, 9.17) is 4.74 Å². The number of aryl methyl sites for hydroxylation is 1. The zero-order chi connectivity index (χ0) is 12.8. The van der Waals surface area contributed by atoms with Crippen molar-refractivity contribution in [1.29, 1.82) is 0 Å². The van der Waals surface area contributed by atoms with Crippen LogP contribution in [0.15, 0.2) is 18.2 Å². The fourth-order valence-electron chi connectivity index (χ4n) is 2.61. The lowest BCUT2D eigenvalue weighted by Crippen LogP contribution is -2.35. The van der Waals surface area contributed by atoms with Crippen LogP contribution in [0.5, 0.6) is 0 Å². The van der Waals surface area contributed by atoms with Gasteiger partial charge in [-0.1, -0.05) is 13.0 Å². The van der Waals surface area contributed by atoms with Gasteiger partial charge in [-0.2, -0.15) is 0 Å². The van der Waals surface area contributed by atoms with Crippen LogP contribution in [-0.4, -0.2) is 23.7 Å². The third-order valence-corrected chi connectivity index (χ3v) is 3.58. The summed E-state index contributed by atoms with van der Waals surface area (Å²) in [6.45, 7) is 5.92. The maximum absolute atomic E-state index is 5.96. The lowest BCUT2D eigenvalue weighted by atomic mass is 9.93. The number of nitrogens with zero attached hydrogens (tertiary/aromatic N) is 1. The smallest absolute Gasteiger partial charge is 0.0891 e. The molecule has 0 aromatic carbocycles. The number of hydrogen-bond donors (Lipinski definition) is 1. The van der Waals surface area contributed by atoms with E-state index in [-0.39, 0.29) is 0 Å². The second kappa shape index (κ2) is 6.86. The molecule has 0 amide bonds. The summed E-state index contributed by atoms with van der Waals surface area (Å²) in [5, 5.41) is 3.52. The van der Waals surface area contributed by atoms with E-state index < -0.39 is 0 Å². The molecule has 3 heteroatoms. The number of nitrogens with one attached hydrogen (secondary N) is 1. The van der Waals surface area contributed by atoms with E-state index >= 15 is 0 Å². The van der Waals surface area contributed by atoms with E-state index in [0.29, 0.717) is 18.8 Å². The summed E-state index contributed by atoms with van der Waals surface area (Å²) in [5.74, 6) is 0. The van der Waals surface area contributed by atoms with Gasteiger partial charge >= 0.3 is 0 Å². The largest absolute Gasteiger partial charge is 0.372 e. The third-order valence-electron chi connectivity index (χ3n) is 3.58. The molecule has 1 aliphatic carbocycles. The van der Waals surface area contributed by atoms with Crippen molar-refractivity contribution >= 4 is 0 Å². The normalized spacial score (nSPS) is 24.1. The molecule has 0 saturated heterocycles. The first-order valence-electron chi connectivity index (χ1n) is 7.05. The molecule has 1 fully saturated rings. The summed E-state index contributed by atoms with van der Waals surface area (Å²) in [6.07, 6.45) is 5.23. The van der Waals surface area contributed by atoms with Gasteiger partial charge in [-0.15, -0.1) is 0 Å². The molecule has 2 rings (SSSR count). The van der Waals surface area contributed by atoms with Crippen LogP contribution in [0.3, 0.4) is 0 Å². The summed E-state index contributed by atoms with van der Waals surface area (Å²) in [5.41, 5.74) is 2.11. The quantitative estimate of drug-likeness (QED) is 0.870. The molecule has 1 N–H and O–H groups in total. The molecule has 1 saturated carbocycles. The first-order chi connectivity index (χ1) is 8.78. The zero-order valence-corrected chi connectivity index (χ0v) is 11.5. The van der Waals surface area contributed by atoms with Crippen molar-refractivity contribution in [3.05, 3.63) is 29.6 Å². The van der Waals surface area contributed by atoms with Crippen LogP contribution in [0.25, 0.3) is 0 Å². The molecule has 3 nitrogen and oxygen atoms in total. The highest BCUT2D eigenvalue weighted by molar-refractivity contribution is 5.08. The predicted molar refractivity (Wildman–Crippen MR) is 73.5 cm³/mol. The molecular weight excluding hydrogens is 224 g/mol. The molecular formula is C15H24N2O. The molecule has 100 valence electrons. The van der Waals surface area contributed by atoms with Crippen LogP contribution >= 0.6 is 0 Å². The Bertz CT molecular complexity index is 359. The van der Waals surface area contributed by atoms with Crippen molar-refractivity contribution in [2.75, 3.05) is 6.54 Å². The predicted octanol–water partition coefficient (Wildman–Crippen LogP) is 2.83. The number of aromatic nitrogens is 1. The maximum atomic E-state index is 5.96. The van der Waals surface area contributed by atoms with Gasteiger partial charge < -0.3 is 10.1 Å². The Balaban J connectivity index is 1.72. The molecule has 0 bridgehead atoms. The Morgan fingerprint density at radius 2 is 2.06 bits per heavy atom. The van der Waals surface area contributed by atoms with Crippen molar-refractivity contribution < 1.29 is 4.74 Å². The molecule has 1 aromatic heterocycles. The average molecular weight is 248 g/mol. The van der Waals surface area contributed by atoms with Gasteiger partial charge in [-0.05, 0) is 51.3 Å². The van der Waals surface area contributed by atoms with E-state index in [0.717, 1.165) is 17.9 Å². The first kappa shape index (κ1) is 13.5. The number of pyridine rings is 1. The minimum atomic E-state index is 0.419. The van der Waals surface area contributed by atoms with Crippen LogP contribution in [-0.2, 0) is 11.3 Å². The van der Waals surface area contributed by atoms with E-state index in [1.54, 1.807) is 0 Å². The van der Waals surface area contributed by atoms with Crippen LogP contribution < -0.4 is 5.32 Å². The average Bonchev–Trinajstić information content (AvgIpc) is 2.38. The highest BCUT2D eigenvalue weighted by atomic mass is 16.5. The fraction of sp³-hybridized carbons (Fsp3) is 0.667. The van der Waals surface area contributed by atoms with Gasteiger partial charge in [0.05, 0.1) is 18.4 Å². The zero-order valence-electron chi connectivity index (χ0n) is 11.5. The van der Waals surface area contributed by atoms with Gasteiger partial charge in [-0.25, -0.2) is 0 Å². The van der Waals surface area contributed by atoms with Crippen molar-refractivity contribution in [1.82, 2.24) is 10.3 Å². The topological polar surface area (TPSA) is 34.1 Å². The van der Waals surface area contributed by atoms with Gasteiger partial charge in [0.1, 0.15) is 0 Å². The number of hydrogen-bond acceptors (Lipinski definition) is 3. The van der Waals surface area contributed by atoms with Gasteiger partial charge in [-0.3, -0.25) is 4.98 Å². The molecule has 1 aromatic rings. The van der Waals surface area contributed by atoms with Crippen molar-refractivity contribution in [2.45, 2.75) is 58.3 Å². The van der Waals surface area contributed by atoms with Crippen LogP contribution in [0.1, 0.15) is 44.0 Å². The molecule has 18 heavy (non-hydrogen) atoms. The fourth-order valence-corrected chi connectivity index (χ4v) is 2.61. The second-order valence-electron chi connectivity index (χ2n) is 5.11. The van der Waals surface area contributed by atoms with E-state index in [1.165, 1.54) is 25.7 Å². The molecule has 0 atom stereocenters. The third kappa shape index (κ3) is 4.07. The minimum absolute atomic E-state index is 0.419. The lowest BCUT2D eigenvalue weighted by Gasteiger charge is -2.28. The monoisotopic (exact) mass is 248 g/mol. The summed E-state index contributed by atoms with van der Waals surface area (Å²) in [6, 6.07) is 6.80. The second-order valence-corrected chi connectivity index (χ2v) is 5.11. The van der Waals surface area contributed by atoms with Crippen LogP contribution in [0.4, 0.5) is 0 Å².